The van der Waals surface area contributed by atoms with E-state index in [1.807, 2.05) is 11.4 Å². The number of rotatable bonds is 4. The molecule has 6 heteroatoms. The monoisotopic (exact) mass is 347 g/mol. The third-order valence-electron chi connectivity index (χ3n) is 3.41. The van der Waals surface area contributed by atoms with Gasteiger partial charge >= 0.3 is 0 Å². The third kappa shape index (κ3) is 3.91. The van der Waals surface area contributed by atoms with Gasteiger partial charge in [0.05, 0.1) is 27.8 Å². The molecule has 0 aliphatic heterocycles. The zero-order chi connectivity index (χ0) is 17.6. The zero-order valence-corrected chi connectivity index (χ0v) is 13.8. The van der Waals surface area contributed by atoms with Crippen LogP contribution in [0.25, 0.3) is 0 Å². The number of para-hydroxylation sites is 1. The Labute approximate surface area is 148 Å². The second kappa shape index (κ2) is 7.43. The van der Waals surface area contributed by atoms with E-state index >= 15 is 0 Å². The highest BCUT2D eigenvalue weighted by atomic mass is 32.1. The molecule has 0 bridgehead atoms. The van der Waals surface area contributed by atoms with Crippen LogP contribution in [0.15, 0.2) is 66.0 Å². The number of nitrogens with zero attached hydrogens (tertiary/aromatic N) is 1. The van der Waals surface area contributed by atoms with Gasteiger partial charge in [-0.25, -0.2) is 0 Å². The van der Waals surface area contributed by atoms with E-state index in [9.17, 15) is 9.59 Å². The minimum absolute atomic E-state index is 0.262. The van der Waals surface area contributed by atoms with E-state index in [-0.39, 0.29) is 11.8 Å². The highest BCUT2D eigenvalue weighted by Gasteiger charge is 2.14. The quantitative estimate of drug-likeness (QED) is 0.744. The van der Waals surface area contributed by atoms with Gasteiger partial charge in [0.2, 0.25) is 0 Å². The lowest BCUT2D eigenvalue weighted by Gasteiger charge is -2.11. The number of hydrogen-bond donors (Lipinski definition) is 2. The van der Waals surface area contributed by atoms with Gasteiger partial charge < -0.3 is 10.6 Å². The van der Waals surface area contributed by atoms with Crippen molar-refractivity contribution in [2.75, 3.05) is 10.6 Å². The van der Waals surface area contributed by atoms with Crippen LogP contribution in [0.5, 0.6) is 0 Å². The Bertz CT molecular complexity index is 959. The number of thiophene rings is 1. The average molecular weight is 347 g/mol. The first-order valence-corrected chi connectivity index (χ1v) is 8.31. The first kappa shape index (κ1) is 16.4. The summed E-state index contributed by atoms with van der Waals surface area (Å²) in [6.07, 6.45) is 0. The van der Waals surface area contributed by atoms with Crippen LogP contribution in [-0.2, 0) is 0 Å². The summed E-state index contributed by atoms with van der Waals surface area (Å²) in [4.78, 5) is 25.3. The van der Waals surface area contributed by atoms with Crippen molar-refractivity contribution in [3.63, 3.8) is 0 Å². The van der Waals surface area contributed by atoms with Gasteiger partial charge in [0.25, 0.3) is 11.8 Å². The Hall–Kier alpha value is -3.43. The number of nitriles is 1. The van der Waals surface area contributed by atoms with Crippen LogP contribution in [0, 0.1) is 11.3 Å². The number of amides is 2. The van der Waals surface area contributed by atoms with Crippen LogP contribution in [0.1, 0.15) is 25.6 Å². The fraction of sp³-hybridized carbons (Fsp3) is 0. The van der Waals surface area contributed by atoms with Crippen LogP contribution >= 0.6 is 11.3 Å². The maximum atomic E-state index is 12.6. The highest BCUT2D eigenvalue weighted by molar-refractivity contribution is 7.12. The maximum Gasteiger partial charge on any atom is 0.265 e. The molecule has 2 amide bonds. The van der Waals surface area contributed by atoms with Crippen molar-refractivity contribution < 1.29 is 9.59 Å². The van der Waals surface area contributed by atoms with Crippen molar-refractivity contribution in [2.45, 2.75) is 0 Å². The van der Waals surface area contributed by atoms with Crippen molar-refractivity contribution in [1.29, 1.82) is 5.26 Å². The van der Waals surface area contributed by atoms with Gasteiger partial charge in [0, 0.05) is 5.69 Å². The molecule has 0 saturated heterocycles. The summed E-state index contributed by atoms with van der Waals surface area (Å²) in [5.74, 6) is -0.626. The molecule has 1 heterocycles. The number of carbonyl (C=O) groups is 2. The lowest BCUT2D eigenvalue weighted by atomic mass is 10.1. The van der Waals surface area contributed by atoms with Crippen molar-refractivity contribution in [3.8, 4) is 6.07 Å². The maximum absolute atomic E-state index is 12.6. The first-order chi connectivity index (χ1) is 12.2. The largest absolute Gasteiger partial charge is 0.322 e. The molecular formula is C19H13N3O2S. The summed E-state index contributed by atoms with van der Waals surface area (Å²) in [6.45, 7) is 0. The molecular weight excluding hydrogens is 334 g/mol. The molecule has 122 valence electrons. The Balaban J connectivity index is 1.81. The van der Waals surface area contributed by atoms with E-state index in [1.54, 1.807) is 60.7 Å². The molecule has 0 radical (unpaired) electrons. The summed E-state index contributed by atoms with van der Waals surface area (Å²) in [5, 5.41) is 16.3. The molecule has 3 rings (SSSR count). The second-order valence-corrected chi connectivity index (χ2v) is 6.07. The van der Waals surface area contributed by atoms with Crippen molar-refractivity contribution in [2.24, 2.45) is 0 Å². The molecule has 2 N–H and O–H groups in total. The third-order valence-corrected chi connectivity index (χ3v) is 4.28. The lowest BCUT2D eigenvalue weighted by molar-refractivity contribution is 0.102. The molecule has 0 aliphatic rings. The Morgan fingerprint density at radius 1 is 0.920 bits per heavy atom. The molecule has 0 fully saturated rings. The van der Waals surface area contributed by atoms with Crippen LogP contribution in [0.4, 0.5) is 11.4 Å². The van der Waals surface area contributed by atoms with Gasteiger partial charge in [0.1, 0.15) is 0 Å². The first-order valence-electron chi connectivity index (χ1n) is 7.43. The van der Waals surface area contributed by atoms with Crippen molar-refractivity contribution in [3.05, 3.63) is 82.0 Å². The molecule has 5 nitrogen and oxygen atoms in total. The van der Waals surface area contributed by atoms with Crippen LogP contribution < -0.4 is 10.6 Å². The lowest BCUT2D eigenvalue weighted by Crippen LogP contribution is -2.17. The van der Waals surface area contributed by atoms with E-state index in [2.05, 4.69) is 10.6 Å². The smallest absolute Gasteiger partial charge is 0.265 e. The summed E-state index contributed by atoms with van der Waals surface area (Å²) in [5.41, 5.74) is 1.74. The molecule has 1 aromatic heterocycles. The molecule has 0 spiro atoms. The standard InChI is InChI=1S/C19H13N3O2S/c20-12-13-5-3-6-14(11-13)21-18(23)15-7-1-2-8-16(15)22-19(24)17-9-4-10-25-17/h1-11H,(H,21,23)(H,22,24). The Morgan fingerprint density at radius 3 is 2.52 bits per heavy atom. The number of anilines is 2. The van der Waals surface area contributed by atoms with E-state index < -0.39 is 0 Å². The summed E-state index contributed by atoms with van der Waals surface area (Å²) < 4.78 is 0. The van der Waals surface area contributed by atoms with E-state index in [1.165, 1.54) is 11.3 Å². The predicted molar refractivity (Wildman–Crippen MR) is 97.8 cm³/mol. The number of benzene rings is 2. The molecule has 25 heavy (non-hydrogen) atoms. The molecule has 0 unspecified atom stereocenters. The number of hydrogen-bond acceptors (Lipinski definition) is 4. The minimum atomic E-state index is -0.364. The van der Waals surface area contributed by atoms with Crippen LogP contribution in [0.3, 0.4) is 0 Å². The second-order valence-electron chi connectivity index (χ2n) is 5.12. The van der Waals surface area contributed by atoms with Gasteiger partial charge in [-0.1, -0.05) is 24.3 Å². The van der Waals surface area contributed by atoms with Gasteiger partial charge in [-0.3, -0.25) is 9.59 Å². The van der Waals surface area contributed by atoms with E-state index in [4.69, 9.17) is 5.26 Å². The Morgan fingerprint density at radius 2 is 1.76 bits per heavy atom. The normalized spacial score (nSPS) is 9.88. The molecule has 3 aromatic rings. The fourth-order valence-corrected chi connectivity index (χ4v) is 2.87. The van der Waals surface area contributed by atoms with Gasteiger partial charge in [-0.15, -0.1) is 11.3 Å². The van der Waals surface area contributed by atoms with Crippen molar-refractivity contribution >= 4 is 34.5 Å². The topological polar surface area (TPSA) is 82.0 Å². The van der Waals surface area contributed by atoms with E-state index in [0.29, 0.717) is 27.4 Å². The molecule has 0 atom stereocenters. The number of nitrogens with one attached hydrogen (secondary N) is 2. The van der Waals surface area contributed by atoms with Gasteiger partial charge in [-0.05, 0) is 41.8 Å². The number of carbonyl (C=O) groups excluding carboxylic acids is 2. The Kier molecular flexibility index (Phi) is 4.88. The molecule has 0 saturated carbocycles. The predicted octanol–water partition coefficient (Wildman–Crippen LogP) is 4.12. The van der Waals surface area contributed by atoms with Gasteiger partial charge in [-0.2, -0.15) is 5.26 Å². The summed E-state index contributed by atoms with van der Waals surface area (Å²) in [6, 6.07) is 19.0. The summed E-state index contributed by atoms with van der Waals surface area (Å²) >= 11 is 1.33. The molecule has 2 aromatic carbocycles. The molecule has 0 aliphatic carbocycles. The van der Waals surface area contributed by atoms with Gasteiger partial charge in [0.15, 0.2) is 0 Å². The van der Waals surface area contributed by atoms with Crippen molar-refractivity contribution in [1.82, 2.24) is 0 Å². The summed E-state index contributed by atoms with van der Waals surface area (Å²) in [7, 11) is 0. The van der Waals surface area contributed by atoms with E-state index in [0.717, 1.165) is 0 Å². The highest BCUT2D eigenvalue weighted by Crippen LogP contribution is 2.20. The average Bonchev–Trinajstić information content (AvgIpc) is 3.17. The van der Waals surface area contributed by atoms with Crippen LogP contribution in [0.2, 0.25) is 0 Å². The van der Waals surface area contributed by atoms with Crippen LogP contribution in [-0.4, -0.2) is 11.8 Å². The zero-order valence-electron chi connectivity index (χ0n) is 13.0. The SMILES string of the molecule is N#Cc1cccc(NC(=O)c2ccccc2NC(=O)c2cccs2)c1. The fourth-order valence-electron chi connectivity index (χ4n) is 2.25. The minimum Gasteiger partial charge on any atom is -0.322 e.